The fourth-order valence-corrected chi connectivity index (χ4v) is 17.8. The lowest BCUT2D eigenvalue weighted by Gasteiger charge is -2.52. The molecule has 2 spiro atoms. The van der Waals surface area contributed by atoms with Crippen LogP contribution in [0.3, 0.4) is 0 Å². The quantitative estimate of drug-likeness (QED) is 0.684. The van der Waals surface area contributed by atoms with Gasteiger partial charge in [0, 0.05) is 16.4 Å². The van der Waals surface area contributed by atoms with Gasteiger partial charge in [-0.2, -0.15) is 0 Å². The molecule has 0 bridgehead atoms. The number of benzene rings is 1. The van der Waals surface area contributed by atoms with E-state index in [0.717, 1.165) is 42.1 Å². The smallest absolute Gasteiger partial charge is 0.123 e. The van der Waals surface area contributed by atoms with Crippen molar-refractivity contribution in [1.29, 1.82) is 0 Å². The maximum atomic E-state index is 6.79. The van der Waals surface area contributed by atoms with Gasteiger partial charge in [-0.05, 0) is 113 Å². The minimum absolute atomic E-state index is 0.583. The van der Waals surface area contributed by atoms with Crippen LogP contribution in [-0.2, 0) is 5.41 Å². The Bertz CT molecular complexity index is 1090. The normalized spacial score (nSPS) is 87.0. The van der Waals surface area contributed by atoms with Gasteiger partial charge in [0.2, 0.25) is 0 Å². The first-order valence-corrected chi connectivity index (χ1v) is 12.7. The van der Waals surface area contributed by atoms with Gasteiger partial charge in [-0.25, -0.2) is 0 Å². The Hall–Kier alpha value is -0.980. The summed E-state index contributed by atoms with van der Waals surface area (Å²) >= 11 is 0. The molecule has 1 heteroatoms. The first-order valence-electron chi connectivity index (χ1n) is 12.7. The highest BCUT2D eigenvalue weighted by atomic mass is 16.5. The summed E-state index contributed by atoms with van der Waals surface area (Å²) in [5.74, 6) is 22.4. The van der Waals surface area contributed by atoms with Crippen LogP contribution >= 0.6 is 0 Å². The average molecular weight is 364 g/mol. The highest BCUT2D eigenvalue weighted by Gasteiger charge is 3.05. The summed E-state index contributed by atoms with van der Waals surface area (Å²) in [5.41, 5.74) is 2.94. The van der Waals surface area contributed by atoms with Crippen LogP contribution in [0.1, 0.15) is 5.56 Å². The lowest BCUT2D eigenvalue weighted by molar-refractivity contribution is -0.0134. The molecule has 1 aliphatic heterocycles. The minimum atomic E-state index is 0.583. The second-order valence-corrected chi connectivity index (χ2v) is 13.9. The number of hydrogen-bond donors (Lipinski definition) is 0. The van der Waals surface area contributed by atoms with Gasteiger partial charge in [-0.3, -0.25) is 0 Å². The van der Waals surface area contributed by atoms with Gasteiger partial charge >= 0.3 is 0 Å². The predicted octanol–water partition coefficient (Wildman–Crippen LogP) is 3.54. The highest BCUT2D eigenvalue weighted by molar-refractivity contribution is 5.60. The molecule has 13 aliphatic rings. The van der Waals surface area contributed by atoms with E-state index >= 15 is 0 Å². The Morgan fingerprint density at radius 2 is 1.07 bits per heavy atom. The Kier molecular flexibility index (Phi) is 1.18. The van der Waals surface area contributed by atoms with Crippen molar-refractivity contribution in [2.45, 2.75) is 5.41 Å². The van der Waals surface area contributed by atoms with Gasteiger partial charge in [-0.15, -0.1) is 0 Å². The minimum Gasteiger partial charge on any atom is -0.493 e. The van der Waals surface area contributed by atoms with E-state index in [2.05, 4.69) is 24.3 Å². The Balaban J connectivity index is 1.33. The molecule has 12 saturated carbocycles. The third-order valence-electron chi connectivity index (χ3n) is 15.7. The summed E-state index contributed by atoms with van der Waals surface area (Å²) in [6.45, 7) is 1.13. The van der Waals surface area contributed by atoms with Gasteiger partial charge in [0.1, 0.15) is 5.75 Å². The summed E-state index contributed by atoms with van der Waals surface area (Å²) < 4.78 is 6.79. The third-order valence-corrected chi connectivity index (χ3v) is 15.7. The number of para-hydroxylation sites is 1. The van der Waals surface area contributed by atoms with Gasteiger partial charge in [-0.1, -0.05) is 18.2 Å². The average Bonchev–Trinajstić information content (AvgIpc) is 3.44. The number of fused-ring (bicyclic) bond motifs is 1. The van der Waals surface area contributed by atoms with Crippen LogP contribution < -0.4 is 4.74 Å². The summed E-state index contributed by atoms with van der Waals surface area (Å²) in [4.78, 5) is 0. The molecule has 0 aromatic heterocycles. The Morgan fingerprint density at radius 3 is 1.71 bits per heavy atom. The van der Waals surface area contributed by atoms with Gasteiger partial charge in [0.25, 0.3) is 0 Å². The first-order chi connectivity index (χ1) is 13.9. The Labute approximate surface area is 164 Å². The zero-order valence-electron chi connectivity index (χ0n) is 15.8. The van der Waals surface area contributed by atoms with Crippen molar-refractivity contribution >= 4 is 0 Å². The molecule has 14 rings (SSSR count). The molecular weight excluding hydrogens is 340 g/mol. The zero-order valence-corrected chi connectivity index (χ0v) is 15.8. The van der Waals surface area contributed by atoms with Crippen LogP contribution in [0.15, 0.2) is 24.3 Å². The van der Waals surface area contributed by atoms with E-state index < -0.39 is 0 Å². The number of ether oxygens (including phenoxy) is 1. The molecule has 0 amide bonds. The second kappa shape index (κ2) is 2.75. The Morgan fingerprint density at radius 1 is 0.571 bits per heavy atom. The molecule has 1 nitrogen and oxygen atoms in total. The molecule has 0 saturated heterocycles. The third kappa shape index (κ3) is 0.601. The fourth-order valence-electron chi connectivity index (χ4n) is 17.8. The maximum absolute atomic E-state index is 6.79. The molecule has 12 aliphatic carbocycles. The van der Waals surface area contributed by atoms with Crippen molar-refractivity contribution in [2.75, 3.05) is 6.61 Å². The largest absolute Gasteiger partial charge is 0.493 e. The standard InChI is InChI=1S/C27H24O/c1-2-4-7-6(3-1)27-24-18-12-9-8-10-14(12)20(24)22-16(10)17-11(8)15-13(9)19(18)25(27)21(15)23(17)26(22,27)5-28-7/h1-4,8-25H,5H2/t8?,9?,10-,11-,12-,13+,14-,15+,16-,17+,18+,19+,20+,21-,22-,23-,24+,25+,26?,27?/m1/s1. The van der Waals surface area contributed by atoms with Crippen LogP contribution in [0.5, 0.6) is 5.75 Å². The summed E-state index contributed by atoms with van der Waals surface area (Å²) in [7, 11) is 0. The molecule has 28 heavy (non-hydrogen) atoms. The van der Waals surface area contributed by atoms with Gasteiger partial charge in [0.05, 0.1) is 6.61 Å². The van der Waals surface area contributed by atoms with E-state index in [0.29, 0.717) is 10.8 Å². The van der Waals surface area contributed by atoms with E-state index in [9.17, 15) is 0 Å². The summed E-state index contributed by atoms with van der Waals surface area (Å²) in [5, 5.41) is 0. The van der Waals surface area contributed by atoms with E-state index in [4.69, 9.17) is 4.74 Å². The molecule has 0 N–H and O–H groups in total. The lowest BCUT2D eigenvalue weighted by Crippen LogP contribution is -2.54. The van der Waals surface area contributed by atoms with E-state index in [-0.39, 0.29) is 0 Å². The molecular formula is C27H24O. The molecule has 138 valence electrons. The van der Waals surface area contributed by atoms with Crippen molar-refractivity contribution in [2.24, 2.45) is 112 Å². The molecule has 12 fully saturated rings. The van der Waals surface area contributed by atoms with E-state index in [1.165, 1.54) is 76.8 Å². The van der Waals surface area contributed by atoms with Gasteiger partial charge < -0.3 is 4.74 Å². The SMILES string of the molecule is c1ccc2c(c1)OCC13[C@@H]4[C@@H]5[C@@H]6C7C8[C@@H]9[C@@H]6[C@@H]4[C@@H]4[C@@H]9[C@@H]6[C@@H]8[C@@H]8[C@@H]7[C@@H]5[C@@H]1[C@@H]8[C@H]6C243. The second-order valence-electron chi connectivity index (χ2n) is 13.9. The number of hydrogen-bond acceptors (Lipinski definition) is 1. The van der Waals surface area contributed by atoms with Crippen LogP contribution in [-0.4, -0.2) is 6.61 Å². The molecule has 20 atom stereocenters. The molecule has 1 aromatic carbocycles. The van der Waals surface area contributed by atoms with Crippen molar-refractivity contribution < 1.29 is 4.74 Å². The fraction of sp³-hybridized carbons (Fsp3) is 0.778. The van der Waals surface area contributed by atoms with E-state index in [1.54, 1.807) is 5.56 Å². The topological polar surface area (TPSA) is 9.23 Å². The van der Waals surface area contributed by atoms with Crippen molar-refractivity contribution in [3.63, 3.8) is 0 Å². The monoisotopic (exact) mass is 364 g/mol. The van der Waals surface area contributed by atoms with E-state index in [1.807, 2.05) is 0 Å². The van der Waals surface area contributed by atoms with Crippen molar-refractivity contribution in [1.82, 2.24) is 0 Å². The maximum Gasteiger partial charge on any atom is 0.123 e. The van der Waals surface area contributed by atoms with Crippen LogP contribution in [0.25, 0.3) is 0 Å². The zero-order chi connectivity index (χ0) is 16.8. The summed E-state index contributed by atoms with van der Waals surface area (Å²) in [6, 6.07) is 9.55. The van der Waals surface area contributed by atoms with Crippen molar-refractivity contribution in [3.05, 3.63) is 29.8 Å². The molecule has 1 heterocycles. The van der Waals surface area contributed by atoms with Crippen LogP contribution in [0.2, 0.25) is 0 Å². The number of rotatable bonds is 0. The highest BCUT2D eigenvalue weighted by Crippen LogP contribution is 3.06. The lowest BCUT2D eigenvalue weighted by atomic mass is 9.54. The molecule has 0 radical (unpaired) electrons. The van der Waals surface area contributed by atoms with Crippen LogP contribution in [0.4, 0.5) is 0 Å². The predicted molar refractivity (Wildman–Crippen MR) is 98.9 cm³/mol. The summed E-state index contributed by atoms with van der Waals surface area (Å²) in [6.07, 6.45) is 0. The van der Waals surface area contributed by atoms with Crippen LogP contribution in [0, 0.1) is 112 Å². The molecule has 1 aromatic rings. The first kappa shape index (κ1) is 12.0. The van der Waals surface area contributed by atoms with Gasteiger partial charge in [0.15, 0.2) is 0 Å². The van der Waals surface area contributed by atoms with Crippen molar-refractivity contribution in [3.8, 4) is 5.75 Å². The molecule has 4 unspecified atom stereocenters.